The molecule has 1 saturated heterocycles. The second-order valence-corrected chi connectivity index (χ2v) is 9.14. The smallest absolute Gasteiger partial charge is 0.411 e. The SMILES string of the molecule is CCOC(=O)Nc1ccccc1S(=O)(=O)NCCN1CCC(c2ccc(F)cc2)CC1. The number of para-hydroxylation sites is 1. The van der Waals surface area contributed by atoms with Gasteiger partial charge in [0.1, 0.15) is 10.7 Å². The van der Waals surface area contributed by atoms with E-state index in [0.29, 0.717) is 12.5 Å². The Kier molecular flexibility index (Phi) is 8.00. The number of piperidine rings is 1. The van der Waals surface area contributed by atoms with Crippen molar-refractivity contribution < 1.29 is 22.3 Å². The number of ether oxygens (including phenoxy) is 1. The minimum atomic E-state index is -3.79. The van der Waals surface area contributed by atoms with Crippen LogP contribution in [0.3, 0.4) is 0 Å². The minimum absolute atomic E-state index is 0.00179. The molecule has 1 aliphatic rings. The van der Waals surface area contributed by atoms with E-state index in [-0.39, 0.29) is 29.6 Å². The van der Waals surface area contributed by atoms with Gasteiger partial charge in [0.2, 0.25) is 10.0 Å². The first-order valence-corrected chi connectivity index (χ1v) is 11.9. The van der Waals surface area contributed by atoms with E-state index in [2.05, 4.69) is 14.9 Å². The summed E-state index contributed by atoms with van der Waals surface area (Å²) < 4.78 is 46.0. The number of likely N-dealkylation sites (tertiary alicyclic amines) is 1. The number of rotatable bonds is 8. The number of sulfonamides is 1. The molecule has 2 aromatic rings. The molecular weight excluding hydrogens is 421 g/mol. The number of amides is 1. The maximum atomic E-state index is 13.1. The van der Waals surface area contributed by atoms with Gasteiger partial charge in [0.15, 0.2) is 0 Å². The number of nitrogens with zero attached hydrogens (tertiary/aromatic N) is 1. The van der Waals surface area contributed by atoms with E-state index in [4.69, 9.17) is 4.74 Å². The van der Waals surface area contributed by atoms with Gasteiger partial charge in [0.05, 0.1) is 12.3 Å². The molecule has 1 heterocycles. The molecule has 31 heavy (non-hydrogen) atoms. The molecule has 2 aromatic carbocycles. The summed E-state index contributed by atoms with van der Waals surface area (Å²) in [7, 11) is -3.79. The zero-order valence-electron chi connectivity index (χ0n) is 17.5. The van der Waals surface area contributed by atoms with Crippen molar-refractivity contribution >= 4 is 21.8 Å². The van der Waals surface area contributed by atoms with Crippen LogP contribution in [0.4, 0.5) is 14.9 Å². The molecule has 0 unspecified atom stereocenters. The molecule has 1 aliphatic heterocycles. The van der Waals surface area contributed by atoms with Crippen molar-refractivity contribution in [1.29, 1.82) is 0 Å². The van der Waals surface area contributed by atoms with E-state index >= 15 is 0 Å². The quantitative estimate of drug-likeness (QED) is 0.644. The fourth-order valence-electron chi connectivity index (χ4n) is 3.72. The standard InChI is InChI=1S/C22H28FN3O4S/c1-2-30-22(27)25-20-5-3-4-6-21(20)31(28,29)24-13-16-26-14-11-18(12-15-26)17-7-9-19(23)10-8-17/h3-10,18,24H,2,11-16H2,1H3,(H,25,27). The van der Waals surface area contributed by atoms with E-state index in [1.54, 1.807) is 19.1 Å². The molecule has 0 bridgehead atoms. The van der Waals surface area contributed by atoms with Gasteiger partial charge in [0, 0.05) is 13.1 Å². The van der Waals surface area contributed by atoms with Crippen molar-refractivity contribution in [2.45, 2.75) is 30.6 Å². The molecular formula is C22H28FN3O4S. The molecule has 0 aliphatic carbocycles. The number of hydrogen-bond acceptors (Lipinski definition) is 5. The van der Waals surface area contributed by atoms with Gasteiger partial charge in [-0.1, -0.05) is 24.3 Å². The maximum Gasteiger partial charge on any atom is 0.411 e. The van der Waals surface area contributed by atoms with Gasteiger partial charge < -0.3 is 9.64 Å². The molecule has 0 radical (unpaired) electrons. The van der Waals surface area contributed by atoms with Gasteiger partial charge in [-0.3, -0.25) is 5.32 Å². The molecule has 168 valence electrons. The number of carbonyl (C=O) groups excluding carboxylic acids is 1. The number of benzene rings is 2. The van der Waals surface area contributed by atoms with Gasteiger partial charge in [-0.25, -0.2) is 22.3 Å². The molecule has 0 atom stereocenters. The Morgan fingerprint density at radius 2 is 1.81 bits per heavy atom. The summed E-state index contributed by atoms with van der Waals surface area (Å²) in [5, 5.41) is 2.47. The normalized spacial score (nSPS) is 15.5. The van der Waals surface area contributed by atoms with Gasteiger partial charge in [-0.15, -0.1) is 0 Å². The average molecular weight is 450 g/mol. The van der Waals surface area contributed by atoms with Crippen molar-refractivity contribution in [2.75, 3.05) is 38.1 Å². The van der Waals surface area contributed by atoms with Crippen molar-refractivity contribution in [3.63, 3.8) is 0 Å². The predicted molar refractivity (Wildman–Crippen MR) is 117 cm³/mol. The fourth-order valence-corrected chi connectivity index (χ4v) is 4.90. The zero-order chi connectivity index (χ0) is 22.3. The van der Waals surface area contributed by atoms with E-state index in [0.717, 1.165) is 31.5 Å². The summed E-state index contributed by atoms with van der Waals surface area (Å²) in [6.45, 7) is 4.42. The fraction of sp³-hybridized carbons (Fsp3) is 0.409. The predicted octanol–water partition coefficient (Wildman–Crippen LogP) is 3.55. The highest BCUT2D eigenvalue weighted by Crippen LogP contribution is 2.28. The van der Waals surface area contributed by atoms with Crippen LogP contribution in [0.2, 0.25) is 0 Å². The Morgan fingerprint density at radius 1 is 1.13 bits per heavy atom. The van der Waals surface area contributed by atoms with E-state index in [1.807, 2.05) is 12.1 Å². The summed E-state index contributed by atoms with van der Waals surface area (Å²) in [6, 6.07) is 12.9. The lowest BCUT2D eigenvalue weighted by Crippen LogP contribution is -2.39. The lowest BCUT2D eigenvalue weighted by molar-refractivity contribution is 0.168. The Balaban J connectivity index is 1.50. The first kappa shape index (κ1) is 23.2. The first-order chi connectivity index (χ1) is 14.9. The van der Waals surface area contributed by atoms with Crippen LogP contribution in [0.1, 0.15) is 31.2 Å². The van der Waals surface area contributed by atoms with Crippen LogP contribution in [0.15, 0.2) is 53.4 Å². The lowest BCUT2D eigenvalue weighted by Gasteiger charge is -2.32. The summed E-state index contributed by atoms with van der Waals surface area (Å²) in [5.74, 6) is 0.168. The number of nitrogens with one attached hydrogen (secondary N) is 2. The van der Waals surface area contributed by atoms with Crippen molar-refractivity contribution in [2.24, 2.45) is 0 Å². The molecule has 1 amide bonds. The monoisotopic (exact) mass is 449 g/mol. The van der Waals surface area contributed by atoms with Crippen LogP contribution in [0.5, 0.6) is 0 Å². The van der Waals surface area contributed by atoms with Crippen LogP contribution in [-0.2, 0) is 14.8 Å². The van der Waals surface area contributed by atoms with Gasteiger partial charge in [-0.2, -0.15) is 0 Å². The van der Waals surface area contributed by atoms with Crippen molar-refractivity contribution in [1.82, 2.24) is 9.62 Å². The van der Waals surface area contributed by atoms with Crippen LogP contribution in [-0.4, -0.2) is 52.2 Å². The highest BCUT2D eigenvalue weighted by atomic mass is 32.2. The van der Waals surface area contributed by atoms with Crippen LogP contribution >= 0.6 is 0 Å². The maximum absolute atomic E-state index is 13.1. The Labute approximate surface area is 182 Å². The average Bonchev–Trinajstić information content (AvgIpc) is 2.75. The van der Waals surface area contributed by atoms with Crippen LogP contribution in [0.25, 0.3) is 0 Å². The van der Waals surface area contributed by atoms with Gasteiger partial charge >= 0.3 is 6.09 Å². The number of anilines is 1. The summed E-state index contributed by atoms with van der Waals surface area (Å²) in [6.07, 6.45) is 1.20. The topological polar surface area (TPSA) is 87.7 Å². The van der Waals surface area contributed by atoms with Crippen LogP contribution < -0.4 is 10.0 Å². The van der Waals surface area contributed by atoms with E-state index in [9.17, 15) is 17.6 Å². The third kappa shape index (κ3) is 6.49. The molecule has 0 aromatic heterocycles. The summed E-state index contributed by atoms with van der Waals surface area (Å²) in [5.41, 5.74) is 1.32. The Morgan fingerprint density at radius 3 is 2.48 bits per heavy atom. The largest absolute Gasteiger partial charge is 0.450 e. The summed E-state index contributed by atoms with van der Waals surface area (Å²) >= 11 is 0. The number of carbonyl (C=O) groups is 1. The molecule has 3 rings (SSSR count). The highest BCUT2D eigenvalue weighted by Gasteiger charge is 2.22. The number of halogens is 1. The van der Waals surface area contributed by atoms with Gasteiger partial charge in [-0.05, 0) is 68.6 Å². The molecule has 1 fully saturated rings. The second kappa shape index (κ2) is 10.7. The molecule has 0 saturated carbocycles. The third-order valence-corrected chi connectivity index (χ3v) is 6.86. The zero-order valence-corrected chi connectivity index (χ0v) is 18.3. The van der Waals surface area contributed by atoms with E-state index in [1.165, 1.54) is 24.3 Å². The third-order valence-electron chi connectivity index (χ3n) is 5.34. The first-order valence-electron chi connectivity index (χ1n) is 10.4. The van der Waals surface area contributed by atoms with Crippen LogP contribution in [0, 0.1) is 5.82 Å². The highest BCUT2D eigenvalue weighted by molar-refractivity contribution is 7.89. The second-order valence-electron chi connectivity index (χ2n) is 7.41. The summed E-state index contributed by atoms with van der Waals surface area (Å²) in [4.78, 5) is 13.9. The lowest BCUT2D eigenvalue weighted by atomic mass is 9.89. The van der Waals surface area contributed by atoms with Crippen molar-refractivity contribution in [3.8, 4) is 0 Å². The molecule has 7 nitrogen and oxygen atoms in total. The van der Waals surface area contributed by atoms with Crippen molar-refractivity contribution in [3.05, 3.63) is 59.9 Å². The minimum Gasteiger partial charge on any atom is -0.450 e. The molecule has 9 heteroatoms. The molecule has 0 spiro atoms. The molecule has 2 N–H and O–H groups in total. The Bertz CT molecular complexity index is 975. The number of hydrogen-bond donors (Lipinski definition) is 2. The Hall–Kier alpha value is -2.49. The van der Waals surface area contributed by atoms with Gasteiger partial charge in [0.25, 0.3) is 0 Å². The van der Waals surface area contributed by atoms with E-state index < -0.39 is 16.1 Å².